The van der Waals surface area contributed by atoms with Gasteiger partial charge < -0.3 is 10.1 Å². The molecule has 0 aliphatic heterocycles. The smallest absolute Gasteiger partial charge is 0.124 e. The Kier molecular flexibility index (Phi) is 6.06. The van der Waals surface area contributed by atoms with Crippen LogP contribution in [0.3, 0.4) is 0 Å². The summed E-state index contributed by atoms with van der Waals surface area (Å²) in [5.41, 5.74) is 1.28. The van der Waals surface area contributed by atoms with Crippen molar-refractivity contribution in [3.05, 3.63) is 29.8 Å². The molecule has 0 saturated carbocycles. The van der Waals surface area contributed by atoms with Gasteiger partial charge in [-0.2, -0.15) is 0 Å². The van der Waals surface area contributed by atoms with Crippen LogP contribution in [0.5, 0.6) is 5.75 Å². The van der Waals surface area contributed by atoms with Crippen molar-refractivity contribution >= 4 is 0 Å². The zero-order chi connectivity index (χ0) is 12.7. The lowest BCUT2D eigenvalue weighted by molar-refractivity contribution is 0.329. The number of rotatable bonds is 7. The quantitative estimate of drug-likeness (QED) is 0.776. The molecule has 1 rings (SSSR count). The van der Waals surface area contributed by atoms with Gasteiger partial charge in [0.05, 0.1) is 6.61 Å². The minimum Gasteiger partial charge on any atom is -0.494 e. The van der Waals surface area contributed by atoms with Crippen LogP contribution in [0.25, 0.3) is 0 Å². The second-order valence-electron chi connectivity index (χ2n) is 4.78. The molecular weight excluding hydrogens is 210 g/mol. The Morgan fingerprint density at radius 3 is 2.47 bits per heavy atom. The van der Waals surface area contributed by atoms with Gasteiger partial charge in [0.2, 0.25) is 0 Å². The number of ether oxygens (including phenoxy) is 1. The van der Waals surface area contributed by atoms with Gasteiger partial charge in [-0.1, -0.05) is 32.0 Å². The molecule has 0 spiro atoms. The van der Waals surface area contributed by atoms with E-state index < -0.39 is 0 Å². The Morgan fingerprint density at radius 2 is 1.88 bits per heavy atom. The van der Waals surface area contributed by atoms with Gasteiger partial charge in [0, 0.05) is 11.6 Å². The maximum Gasteiger partial charge on any atom is 0.124 e. The molecule has 0 saturated heterocycles. The molecule has 1 aromatic rings. The monoisotopic (exact) mass is 235 g/mol. The highest BCUT2D eigenvalue weighted by atomic mass is 16.5. The van der Waals surface area contributed by atoms with Crippen LogP contribution in [0.15, 0.2) is 24.3 Å². The summed E-state index contributed by atoms with van der Waals surface area (Å²) in [5, 5.41) is 3.39. The summed E-state index contributed by atoms with van der Waals surface area (Å²) in [6.07, 6.45) is 2.38. The third kappa shape index (κ3) is 4.39. The van der Waals surface area contributed by atoms with Crippen molar-refractivity contribution in [2.24, 2.45) is 5.92 Å². The maximum absolute atomic E-state index is 5.69. The first-order valence-electron chi connectivity index (χ1n) is 6.58. The SMILES string of the molecule is CCOc1ccccc1C(CCC(C)C)NC. The molecule has 96 valence electrons. The first-order valence-corrected chi connectivity index (χ1v) is 6.58. The average molecular weight is 235 g/mol. The van der Waals surface area contributed by atoms with Crippen molar-refractivity contribution in [3.8, 4) is 5.75 Å². The van der Waals surface area contributed by atoms with Crippen LogP contribution in [0.4, 0.5) is 0 Å². The molecule has 1 aromatic carbocycles. The van der Waals surface area contributed by atoms with Gasteiger partial charge in [-0.05, 0) is 38.8 Å². The normalized spacial score (nSPS) is 12.8. The Hall–Kier alpha value is -1.02. The van der Waals surface area contributed by atoms with Gasteiger partial charge in [-0.3, -0.25) is 0 Å². The molecule has 2 nitrogen and oxygen atoms in total. The van der Waals surface area contributed by atoms with E-state index in [1.807, 2.05) is 20.0 Å². The minimum atomic E-state index is 0.389. The van der Waals surface area contributed by atoms with E-state index in [9.17, 15) is 0 Å². The summed E-state index contributed by atoms with van der Waals surface area (Å²) in [6, 6.07) is 8.71. The van der Waals surface area contributed by atoms with E-state index in [0.29, 0.717) is 6.04 Å². The zero-order valence-electron chi connectivity index (χ0n) is 11.5. The lowest BCUT2D eigenvalue weighted by Gasteiger charge is -2.20. The highest BCUT2D eigenvalue weighted by Gasteiger charge is 2.14. The lowest BCUT2D eigenvalue weighted by Crippen LogP contribution is -2.18. The third-order valence-corrected chi connectivity index (χ3v) is 2.98. The Balaban J connectivity index is 2.79. The molecule has 0 radical (unpaired) electrons. The summed E-state index contributed by atoms with van der Waals surface area (Å²) < 4.78 is 5.69. The molecule has 17 heavy (non-hydrogen) atoms. The number of benzene rings is 1. The van der Waals surface area contributed by atoms with Crippen LogP contribution < -0.4 is 10.1 Å². The number of nitrogens with one attached hydrogen (secondary N) is 1. The van der Waals surface area contributed by atoms with Gasteiger partial charge in [0.25, 0.3) is 0 Å². The van der Waals surface area contributed by atoms with E-state index >= 15 is 0 Å². The fraction of sp³-hybridized carbons (Fsp3) is 0.600. The van der Waals surface area contributed by atoms with Crippen molar-refractivity contribution in [1.29, 1.82) is 0 Å². The van der Waals surface area contributed by atoms with Gasteiger partial charge in [0.1, 0.15) is 5.75 Å². The van der Waals surface area contributed by atoms with Crippen LogP contribution >= 0.6 is 0 Å². The number of hydrogen-bond donors (Lipinski definition) is 1. The van der Waals surface area contributed by atoms with Crippen molar-refractivity contribution in [3.63, 3.8) is 0 Å². The van der Waals surface area contributed by atoms with Gasteiger partial charge >= 0.3 is 0 Å². The van der Waals surface area contributed by atoms with Crippen molar-refractivity contribution in [2.75, 3.05) is 13.7 Å². The maximum atomic E-state index is 5.69. The molecule has 0 aromatic heterocycles. The summed E-state index contributed by atoms with van der Waals surface area (Å²) in [5.74, 6) is 1.75. The van der Waals surface area contributed by atoms with Crippen LogP contribution in [0.2, 0.25) is 0 Å². The topological polar surface area (TPSA) is 21.3 Å². The molecule has 1 N–H and O–H groups in total. The predicted molar refractivity (Wildman–Crippen MR) is 73.5 cm³/mol. The average Bonchev–Trinajstić information content (AvgIpc) is 2.32. The van der Waals surface area contributed by atoms with Crippen LogP contribution in [-0.4, -0.2) is 13.7 Å². The molecular formula is C15H25NO. The van der Waals surface area contributed by atoms with Crippen molar-refractivity contribution in [1.82, 2.24) is 5.32 Å². The molecule has 1 unspecified atom stereocenters. The number of hydrogen-bond acceptors (Lipinski definition) is 2. The fourth-order valence-electron chi connectivity index (χ4n) is 2.01. The van der Waals surface area contributed by atoms with E-state index in [2.05, 4.69) is 37.4 Å². The molecule has 0 amide bonds. The summed E-state index contributed by atoms with van der Waals surface area (Å²) in [7, 11) is 2.02. The second-order valence-corrected chi connectivity index (χ2v) is 4.78. The Labute approximate surface area is 105 Å². The van der Waals surface area contributed by atoms with E-state index in [1.54, 1.807) is 0 Å². The van der Waals surface area contributed by atoms with E-state index in [0.717, 1.165) is 24.7 Å². The van der Waals surface area contributed by atoms with E-state index in [-0.39, 0.29) is 0 Å². The van der Waals surface area contributed by atoms with Crippen molar-refractivity contribution < 1.29 is 4.74 Å². The van der Waals surface area contributed by atoms with Gasteiger partial charge in [-0.25, -0.2) is 0 Å². The summed E-state index contributed by atoms with van der Waals surface area (Å²) in [4.78, 5) is 0. The zero-order valence-corrected chi connectivity index (χ0v) is 11.5. The molecule has 0 aliphatic carbocycles. The third-order valence-electron chi connectivity index (χ3n) is 2.98. The summed E-state index contributed by atoms with van der Waals surface area (Å²) >= 11 is 0. The highest BCUT2D eigenvalue weighted by molar-refractivity contribution is 5.35. The Morgan fingerprint density at radius 1 is 1.18 bits per heavy atom. The first kappa shape index (κ1) is 14.0. The molecule has 0 bridgehead atoms. The lowest BCUT2D eigenvalue weighted by atomic mass is 9.97. The van der Waals surface area contributed by atoms with Gasteiger partial charge in [0.15, 0.2) is 0 Å². The van der Waals surface area contributed by atoms with E-state index in [4.69, 9.17) is 4.74 Å². The Bertz CT molecular complexity index is 322. The fourth-order valence-corrected chi connectivity index (χ4v) is 2.01. The second kappa shape index (κ2) is 7.33. The molecule has 2 heteroatoms. The highest BCUT2D eigenvalue weighted by Crippen LogP contribution is 2.28. The van der Waals surface area contributed by atoms with Crippen LogP contribution in [-0.2, 0) is 0 Å². The largest absolute Gasteiger partial charge is 0.494 e. The van der Waals surface area contributed by atoms with Crippen molar-refractivity contribution in [2.45, 2.75) is 39.7 Å². The van der Waals surface area contributed by atoms with Crippen LogP contribution in [0, 0.1) is 5.92 Å². The molecule has 0 fully saturated rings. The molecule has 0 heterocycles. The molecule has 0 aliphatic rings. The van der Waals surface area contributed by atoms with E-state index in [1.165, 1.54) is 12.0 Å². The summed E-state index contributed by atoms with van der Waals surface area (Å²) in [6.45, 7) is 7.28. The van der Waals surface area contributed by atoms with Gasteiger partial charge in [-0.15, -0.1) is 0 Å². The minimum absolute atomic E-state index is 0.389. The van der Waals surface area contributed by atoms with Crippen LogP contribution in [0.1, 0.15) is 45.2 Å². The molecule has 1 atom stereocenters. The number of para-hydroxylation sites is 1. The standard InChI is InChI=1S/C15H25NO/c1-5-17-15-9-7-6-8-13(15)14(16-4)11-10-12(2)3/h6-9,12,14,16H,5,10-11H2,1-4H3. The predicted octanol–water partition coefficient (Wildman–Crippen LogP) is 3.78. The first-order chi connectivity index (χ1) is 8.19.